The SMILES string of the molecule is CCNc1cc(C)nc(CN2CCC(O)C(C)C2)n1. The van der Waals surface area contributed by atoms with E-state index in [1.807, 2.05) is 13.0 Å². The Bertz CT molecular complexity index is 424. The van der Waals surface area contributed by atoms with Gasteiger partial charge in [-0.1, -0.05) is 6.92 Å². The molecule has 0 spiro atoms. The Morgan fingerprint density at radius 1 is 1.47 bits per heavy atom. The number of anilines is 1. The van der Waals surface area contributed by atoms with Gasteiger partial charge >= 0.3 is 0 Å². The van der Waals surface area contributed by atoms with Crippen LogP contribution >= 0.6 is 0 Å². The first kappa shape index (κ1) is 14.2. The summed E-state index contributed by atoms with van der Waals surface area (Å²) >= 11 is 0. The van der Waals surface area contributed by atoms with Gasteiger partial charge in [0.2, 0.25) is 0 Å². The molecule has 5 heteroatoms. The molecule has 1 saturated heterocycles. The molecule has 1 aliphatic heterocycles. The third-order valence-corrected chi connectivity index (χ3v) is 3.57. The predicted octanol–water partition coefficient (Wildman–Crippen LogP) is 1.42. The number of aliphatic hydroxyl groups excluding tert-OH is 1. The van der Waals surface area contributed by atoms with E-state index < -0.39 is 0 Å². The fraction of sp³-hybridized carbons (Fsp3) is 0.714. The van der Waals surface area contributed by atoms with E-state index in [-0.39, 0.29) is 6.10 Å². The molecule has 5 nitrogen and oxygen atoms in total. The number of aliphatic hydroxyl groups is 1. The monoisotopic (exact) mass is 264 g/mol. The number of rotatable bonds is 4. The molecule has 0 aromatic carbocycles. The maximum atomic E-state index is 9.75. The number of piperidine rings is 1. The van der Waals surface area contributed by atoms with Crippen LogP contribution in [0.25, 0.3) is 0 Å². The Morgan fingerprint density at radius 3 is 2.95 bits per heavy atom. The number of aryl methyl sites for hydroxylation is 1. The van der Waals surface area contributed by atoms with Crippen molar-refractivity contribution in [2.75, 3.05) is 25.0 Å². The summed E-state index contributed by atoms with van der Waals surface area (Å²) in [5, 5.41) is 13.0. The van der Waals surface area contributed by atoms with Crippen LogP contribution < -0.4 is 5.32 Å². The molecule has 0 radical (unpaired) electrons. The molecule has 0 saturated carbocycles. The lowest BCUT2D eigenvalue weighted by molar-refractivity contribution is 0.0310. The van der Waals surface area contributed by atoms with E-state index in [9.17, 15) is 5.11 Å². The Kier molecular flexibility index (Phi) is 4.71. The zero-order valence-corrected chi connectivity index (χ0v) is 12.1. The molecular formula is C14H24N4O. The van der Waals surface area contributed by atoms with Gasteiger partial charge in [0.1, 0.15) is 11.6 Å². The van der Waals surface area contributed by atoms with Gasteiger partial charge in [-0.25, -0.2) is 9.97 Å². The molecule has 1 aromatic heterocycles. The highest BCUT2D eigenvalue weighted by molar-refractivity contribution is 5.35. The summed E-state index contributed by atoms with van der Waals surface area (Å²) in [6, 6.07) is 1.97. The van der Waals surface area contributed by atoms with Gasteiger partial charge in [0.25, 0.3) is 0 Å². The van der Waals surface area contributed by atoms with Crippen molar-refractivity contribution in [2.24, 2.45) is 5.92 Å². The highest BCUT2D eigenvalue weighted by Gasteiger charge is 2.24. The molecule has 2 unspecified atom stereocenters. The first-order chi connectivity index (χ1) is 9.08. The summed E-state index contributed by atoms with van der Waals surface area (Å²) in [7, 11) is 0. The van der Waals surface area contributed by atoms with Crippen molar-refractivity contribution in [1.82, 2.24) is 14.9 Å². The van der Waals surface area contributed by atoms with E-state index in [4.69, 9.17) is 0 Å². The summed E-state index contributed by atoms with van der Waals surface area (Å²) in [5.41, 5.74) is 0.992. The molecule has 2 N–H and O–H groups in total. The molecule has 1 fully saturated rings. The minimum absolute atomic E-state index is 0.160. The van der Waals surface area contributed by atoms with E-state index in [1.165, 1.54) is 0 Å². The lowest BCUT2D eigenvalue weighted by atomic mass is 9.97. The maximum absolute atomic E-state index is 9.75. The molecule has 1 aromatic rings. The third-order valence-electron chi connectivity index (χ3n) is 3.57. The molecule has 2 atom stereocenters. The summed E-state index contributed by atoms with van der Waals surface area (Å²) in [6.45, 7) is 9.60. The zero-order valence-electron chi connectivity index (χ0n) is 12.1. The van der Waals surface area contributed by atoms with Gasteiger partial charge in [0.05, 0.1) is 12.6 Å². The van der Waals surface area contributed by atoms with Crippen molar-refractivity contribution in [3.63, 3.8) is 0 Å². The second kappa shape index (κ2) is 6.30. The van der Waals surface area contributed by atoms with Gasteiger partial charge in [-0.3, -0.25) is 4.90 Å². The van der Waals surface area contributed by atoms with Crippen LogP contribution in [-0.2, 0) is 6.54 Å². The van der Waals surface area contributed by atoms with Crippen molar-refractivity contribution in [1.29, 1.82) is 0 Å². The van der Waals surface area contributed by atoms with Gasteiger partial charge < -0.3 is 10.4 Å². The van der Waals surface area contributed by atoms with Crippen LogP contribution in [0.15, 0.2) is 6.07 Å². The number of likely N-dealkylation sites (tertiary alicyclic amines) is 1. The summed E-state index contributed by atoms with van der Waals surface area (Å²) in [6.07, 6.45) is 0.680. The van der Waals surface area contributed by atoms with E-state index in [0.717, 1.165) is 49.9 Å². The Balaban J connectivity index is 2.02. The van der Waals surface area contributed by atoms with Gasteiger partial charge in [-0.15, -0.1) is 0 Å². The summed E-state index contributed by atoms with van der Waals surface area (Å²) in [4.78, 5) is 11.4. The fourth-order valence-corrected chi connectivity index (χ4v) is 2.54. The van der Waals surface area contributed by atoms with E-state index in [2.05, 4.69) is 34.0 Å². The van der Waals surface area contributed by atoms with Crippen LogP contribution in [0.4, 0.5) is 5.82 Å². The molecule has 0 aliphatic carbocycles. The average molecular weight is 264 g/mol. The standard InChI is InChI=1S/C14H24N4O/c1-4-15-13-7-11(3)16-14(17-13)9-18-6-5-12(19)10(2)8-18/h7,10,12,19H,4-6,8-9H2,1-3H3,(H,15,16,17). The zero-order chi connectivity index (χ0) is 13.8. The van der Waals surface area contributed by atoms with Crippen molar-refractivity contribution >= 4 is 5.82 Å². The second-order valence-corrected chi connectivity index (χ2v) is 5.41. The normalized spacial score (nSPS) is 24.4. The molecule has 2 heterocycles. The van der Waals surface area contributed by atoms with Crippen LogP contribution in [0.5, 0.6) is 0 Å². The van der Waals surface area contributed by atoms with Gasteiger partial charge in [0, 0.05) is 31.4 Å². The van der Waals surface area contributed by atoms with Crippen LogP contribution in [-0.4, -0.2) is 45.7 Å². The molecule has 1 aliphatic rings. The van der Waals surface area contributed by atoms with E-state index in [0.29, 0.717) is 5.92 Å². The Hall–Kier alpha value is -1.20. The molecule has 19 heavy (non-hydrogen) atoms. The lowest BCUT2D eigenvalue weighted by Crippen LogP contribution is -2.41. The van der Waals surface area contributed by atoms with E-state index >= 15 is 0 Å². The van der Waals surface area contributed by atoms with Crippen LogP contribution in [0.2, 0.25) is 0 Å². The van der Waals surface area contributed by atoms with Crippen molar-refractivity contribution < 1.29 is 5.11 Å². The number of hydrogen-bond acceptors (Lipinski definition) is 5. The van der Waals surface area contributed by atoms with Gasteiger partial charge in [0.15, 0.2) is 0 Å². The Labute approximate surface area is 115 Å². The highest BCUT2D eigenvalue weighted by Crippen LogP contribution is 2.18. The topological polar surface area (TPSA) is 61.3 Å². The van der Waals surface area contributed by atoms with E-state index in [1.54, 1.807) is 0 Å². The minimum atomic E-state index is -0.160. The number of hydrogen-bond donors (Lipinski definition) is 2. The maximum Gasteiger partial charge on any atom is 0.144 e. The first-order valence-corrected chi connectivity index (χ1v) is 7.07. The molecule has 106 valence electrons. The van der Waals surface area contributed by atoms with Crippen molar-refractivity contribution in [2.45, 2.75) is 39.8 Å². The first-order valence-electron chi connectivity index (χ1n) is 7.07. The predicted molar refractivity (Wildman–Crippen MR) is 76.0 cm³/mol. The second-order valence-electron chi connectivity index (χ2n) is 5.41. The minimum Gasteiger partial charge on any atom is -0.393 e. The number of nitrogens with one attached hydrogen (secondary N) is 1. The average Bonchev–Trinajstić information content (AvgIpc) is 2.33. The molecule has 0 amide bonds. The van der Waals surface area contributed by atoms with Crippen molar-refractivity contribution in [3.8, 4) is 0 Å². The van der Waals surface area contributed by atoms with Gasteiger partial charge in [-0.05, 0) is 26.2 Å². The smallest absolute Gasteiger partial charge is 0.144 e. The number of aromatic nitrogens is 2. The fourth-order valence-electron chi connectivity index (χ4n) is 2.54. The van der Waals surface area contributed by atoms with Crippen molar-refractivity contribution in [3.05, 3.63) is 17.6 Å². The van der Waals surface area contributed by atoms with Gasteiger partial charge in [-0.2, -0.15) is 0 Å². The van der Waals surface area contributed by atoms with Crippen LogP contribution in [0, 0.1) is 12.8 Å². The summed E-state index contributed by atoms with van der Waals surface area (Å²) in [5.74, 6) is 2.08. The van der Waals surface area contributed by atoms with Crippen LogP contribution in [0.1, 0.15) is 31.8 Å². The molecule has 0 bridgehead atoms. The molecule has 2 rings (SSSR count). The number of nitrogens with zero attached hydrogens (tertiary/aromatic N) is 3. The Morgan fingerprint density at radius 2 is 2.26 bits per heavy atom. The third kappa shape index (κ3) is 3.88. The lowest BCUT2D eigenvalue weighted by Gasteiger charge is -2.33. The summed E-state index contributed by atoms with van der Waals surface area (Å²) < 4.78 is 0. The quantitative estimate of drug-likeness (QED) is 0.861. The largest absolute Gasteiger partial charge is 0.393 e. The van der Waals surface area contributed by atoms with Crippen LogP contribution in [0.3, 0.4) is 0 Å². The highest BCUT2D eigenvalue weighted by atomic mass is 16.3. The molecular weight excluding hydrogens is 240 g/mol.